The lowest BCUT2D eigenvalue weighted by Crippen LogP contribution is -2.50. The second kappa shape index (κ2) is 9.35. The number of fused-ring (bicyclic) bond motifs is 2. The van der Waals surface area contributed by atoms with E-state index in [0.717, 1.165) is 19.5 Å². The number of aromatic nitrogens is 2. The number of carbonyl (C=O) groups excluding carboxylic acids is 2. The molecule has 1 aliphatic heterocycles. The van der Waals surface area contributed by atoms with Crippen LogP contribution in [0.1, 0.15) is 44.8 Å². The predicted octanol–water partition coefficient (Wildman–Crippen LogP) is 2.01. The Morgan fingerprint density at radius 2 is 1.89 bits per heavy atom. The number of rotatable bonds is 7. The van der Waals surface area contributed by atoms with Crippen molar-refractivity contribution >= 4 is 17.5 Å². The lowest BCUT2D eigenvalue weighted by molar-refractivity contribution is -0.0901. The summed E-state index contributed by atoms with van der Waals surface area (Å²) >= 11 is 0. The molecule has 1 aliphatic carbocycles. The molecule has 35 heavy (non-hydrogen) atoms. The molecule has 3 heterocycles. The topological polar surface area (TPSA) is 99.0 Å². The number of hydrogen-bond donors (Lipinski definition) is 3. The summed E-state index contributed by atoms with van der Waals surface area (Å²) in [5.41, 5.74) is 3.51. The van der Waals surface area contributed by atoms with Crippen LogP contribution in [0.15, 0.2) is 48.8 Å². The third-order valence-electron chi connectivity index (χ3n) is 6.55. The van der Waals surface area contributed by atoms with Gasteiger partial charge < -0.3 is 20.1 Å². The molecule has 5 rings (SSSR count). The van der Waals surface area contributed by atoms with E-state index in [1.54, 1.807) is 10.5 Å². The van der Waals surface area contributed by atoms with E-state index >= 15 is 0 Å². The molecule has 1 atom stereocenters. The van der Waals surface area contributed by atoms with Crippen LogP contribution in [0.3, 0.4) is 0 Å². The number of nitrogens with zero attached hydrogens (tertiary/aromatic N) is 3. The highest BCUT2D eigenvalue weighted by Crippen LogP contribution is 2.37. The highest BCUT2D eigenvalue weighted by atomic mass is 19.3. The fourth-order valence-corrected chi connectivity index (χ4v) is 4.64. The van der Waals surface area contributed by atoms with E-state index in [4.69, 9.17) is 0 Å². The summed E-state index contributed by atoms with van der Waals surface area (Å²) in [5.74, 6) is -3.59. The first-order valence-electron chi connectivity index (χ1n) is 11.7. The van der Waals surface area contributed by atoms with Gasteiger partial charge in [0.15, 0.2) is 0 Å². The van der Waals surface area contributed by atoms with Gasteiger partial charge in [-0.1, -0.05) is 24.3 Å². The monoisotopic (exact) mass is 483 g/mol. The minimum absolute atomic E-state index is 0.0878. The number of halogens is 2. The Morgan fingerprint density at radius 1 is 1.11 bits per heavy atom. The zero-order chi connectivity index (χ0) is 24.6. The molecule has 0 bridgehead atoms. The van der Waals surface area contributed by atoms with Gasteiger partial charge in [0.1, 0.15) is 11.3 Å². The predicted molar refractivity (Wildman–Crippen MR) is 124 cm³/mol. The Balaban J connectivity index is 1.14. The lowest BCUT2D eigenvalue weighted by Gasteiger charge is -2.35. The number of benzene rings is 1. The number of β-amino-alcohol motifs (C(OH)–C–C–N with tert-alkyl or cyclic N) is 1. The van der Waals surface area contributed by atoms with Crippen molar-refractivity contribution in [2.24, 2.45) is 0 Å². The van der Waals surface area contributed by atoms with Crippen LogP contribution in [-0.2, 0) is 13.0 Å². The molecule has 0 saturated heterocycles. The second-order valence-corrected chi connectivity index (χ2v) is 9.36. The van der Waals surface area contributed by atoms with Crippen LogP contribution in [0.4, 0.5) is 8.78 Å². The van der Waals surface area contributed by atoms with Crippen molar-refractivity contribution in [2.45, 2.75) is 43.9 Å². The Morgan fingerprint density at radius 3 is 2.66 bits per heavy atom. The lowest BCUT2D eigenvalue weighted by atomic mass is 9.88. The van der Waals surface area contributed by atoms with Crippen LogP contribution in [0.5, 0.6) is 0 Å². The Bertz CT molecular complexity index is 1250. The summed E-state index contributed by atoms with van der Waals surface area (Å²) in [6, 6.07) is 10.9. The van der Waals surface area contributed by atoms with Gasteiger partial charge in [0.25, 0.3) is 17.7 Å². The molecule has 1 saturated carbocycles. The van der Waals surface area contributed by atoms with Gasteiger partial charge in [-0.15, -0.1) is 0 Å². The molecule has 3 N–H and O–H groups in total. The molecule has 2 amide bonds. The summed E-state index contributed by atoms with van der Waals surface area (Å²) in [7, 11) is 0. The molecule has 10 heteroatoms. The van der Waals surface area contributed by atoms with E-state index in [9.17, 15) is 23.5 Å². The van der Waals surface area contributed by atoms with E-state index < -0.39 is 29.9 Å². The van der Waals surface area contributed by atoms with E-state index in [2.05, 4.69) is 32.7 Å². The fourth-order valence-electron chi connectivity index (χ4n) is 4.64. The van der Waals surface area contributed by atoms with Gasteiger partial charge in [-0.3, -0.25) is 14.5 Å². The molecule has 184 valence electrons. The van der Waals surface area contributed by atoms with E-state index in [1.165, 1.54) is 29.6 Å². The van der Waals surface area contributed by atoms with Gasteiger partial charge in [0.05, 0.1) is 11.7 Å². The summed E-state index contributed by atoms with van der Waals surface area (Å²) < 4.78 is 27.5. The van der Waals surface area contributed by atoms with Crippen molar-refractivity contribution < 1.29 is 23.5 Å². The van der Waals surface area contributed by atoms with Crippen LogP contribution in [0.2, 0.25) is 0 Å². The van der Waals surface area contributed by atoms with E-state index in [1.807, 2.05) is 12.1 Å². The number of aliphatic hydroxyl groups is 1. The summed E-state index contributed by atoms with van der Waals surface area (Å²) in [5, 5.41) is 15.7. The third-order valence-corrected chi connectivity index (χ3v) is 6.55. The number of amides is 2. The summed E-state index contributed by atoms with van der Waals surface area (Å²) in [6.07, 6.45) is 2.50. The van der Waals surface area contributed by atoms with Crippen LogP contribution in [0, 0.1) is 0 Å². The molecule has 1 fully saturated rings. The standard InChI is InChI=1S/C25H27F2N5O3/c26-25(27)9-19(10-25)29-23(34)18-5-6-22-30-21(15-32(22)13-18)24(35)28-11-20(33)14-31-8-7-16-3-1-2-4-17(16)12-31/h1-6,13,15,19-20,33H,7-12,14H2,(H,28,35)(H,29,34). The highest BCUT2D eigenvalue weighted by Gasteiger charge is 2.46. The first-order valence-corrected chi connectivity index (χ1v) is 11.7. The zero-order valence-electron chi connectivity index (χ0n) is 19.1. The van der Waals surface area contributed by atoms with Gasteiger partial charge in [0.2, 0.25) is 0 Å². The number of pyridine rings is 1. The Hall–Kier alpha value is -3.37. The molecule has 8 nitrogen and oxygen atoms in total. The zero-order valence-corrected chi connectivity index (χ0v) is 19.1. The van der Waals surface area contributed by atoms with E-state index in [0.29, 0.717) is 12.2 Å². The summed E-state index contributed by atoms with van der Waals surface area (Å²) in [6.45, 7) is 2.16. The van der Waals surface area contributed by atoms with Gasteiger partial charge in [0, 0.05) is 57.5 Å². The maximum Gasteiger partial charge on any atom is 0.271 e. The van der Waals surface area contributed by atoms with Gasteiger partial charge in [-0.2, -0.15) is 0 Å². The smallest absolute Gasteiger partial charge is 0.271 e. The van der Waals surface area contributed by atoms with Crippen molar-refractivity contribution in [2.75, 3.05) is 19.6 Å². The Labute approximate surface area is 201 Å². The minimum Gasteiger partial charge on any atom is -0.390 e. The molecular formula is C25H27F2N5O3. The van der Waals surface area contributed by atoms with Crippen molar-refractivity contribution in [3.8, 4) is 0 Å². The molecule has 0 spiro atoms. The molecular weight excluding hydrogens is 456 g/mol. The van der Waals surface area contributed by atoms with Crippen molar-refractivity contribution in [3.63, 3.8) is 0 Å². The average molecular weight is 484 g/mol. The first kappa shape index (κ1) is 23.4. The largest absolute Gasteiger partial charge is 0.390 e. The number of carbonyl (C=O) groups is 2. The molecule has 2 aliphatic rings. The van der Waals surface area contributed by atoms with Gasteiger partial charge in [-0.25, -0.2) is 13.8 Å². The molecule has 0 radical (unpaired) electrons. The highest BCUT2D eigenvalue weighted by molar-refractivity contribution is 5.95. The van der Waals surface area contributed by atoms with Crippen LogP contribution in [-0.4, -0.2) is 68.9 Å². The minimum atomic E-state index is -2.71. The fraction of sp³-hybridized carbons (Fsp3) is 0.400. The maximum atomic E-state index is 13.0. The number of aliphatic hydroxyl groups excluding tert-OH is 1. The van der Waals surface area contributed by atoms with Crippen LogP contribution >= 0.6 is 0 Å². The second-order valence-electron chi connectivity index (χ2n) is 9.36. The van der Waals surface area contributed by atoms with Gasteiger partial charge in [-0.05, 0) is 29.7 Å². The van der Waals surface area contributed by atoms with E-state index in [-0.39, 0.29) is 30.6 Å². The molecule has 2 aromatic heterocycles. The SMILES string of the molecule is O=C(NC1CC(F)(F)C1)c1ccc2nc(C(=O)NCC(O)CN3CCc4ccccc4C3)cn2c1. The number of nitrogens with one attached hydrogen (secondary N) is 2. The van der Waals surface area contributed by atoms with Gasteiger partial charge >= 0.3 is 0 Å². The Kier molecular flexibility index (Phi) is 6.24. The number of hydrogen-bond acceptors (Lipinski definition) is 5. The number of imidazole rings is 1. The number of alkyl halides is 2. The average Bonchev–Trinajstić information content (AvgIpc) is 3.25. The first-order chi connectivity index (χ1) is 16.8. The maximum absolute atomic E-state index is 13.0. The van der Waals surface area contributed by atoms with Crippen molar-refractivity contribution in [1.82, 2.24) is 24.9 Å². The normalized spacial score (nSPS) is 18.5. The van der Waals surface area contributed by atoms with Crippen molar-refractivity contribution in [3.05, 3.63) is 71.2 Å². The quantitative estimate of drug-likeness (QED) is 0.478. The molecule has 3 aromatic rings. The molecule has 1 aromatic carbocycles. The molecule has 1 unspecified atom stereocenters. The van der Waals surface area contributed by atoms with Crippen LogP contribution in [0.25, 0.3) is 5.65 Å². The summed E-state index contributed by atoms with van der Waals surface area (Å²) in [4.78, 5) is 31.4. The van der Waals surface area contributed by atoms with Crippen molar-refractivity contribution in [1.29, 1.82) is 0 Å². The third kappa shape index (κ3) is 5.33. The van der Waals surface area contributed by atoms with Crippen LogP contribution < -0.4 is 10.6 Å².